The maximum absolute atomic E-state index is 13.7. The Kier molecular flexibility index (Phi) is 4.55. The molecule has 1 heterocycles. The zero-order valence-electron chi connectivity index (χ0n) is 12.9. The summed E-state index contributed by atoms with van der Waals surface area (Å²) < 4.78 is 26.9. The molecule has 24 heavy (non-hydrogen) atoms. The summed E-state index contributed by atoms with van der Waals surface area (Å²) in [6, 6.07) is 11.4. The number of nitrogens with zero attached hydrogens (tertiary/aromatic N) is 2. The lowest BCUT2D eigenvalue weighted by Gasteiger charge is -2.35. The molecule has 1 aliphatic rings. The van der Waals surface area contributed by atoms with E-state index < -0.39 is 11.6 Å². The summed E-state index contributed by atoms with van der Waals surface area (Å²) in [5.74, 6) is -1.67. The third-order valence-corrected chi connectivity index (χ3v) is 4.03. The van der Waals surface area contributed by atoms with E-state index in [1.165, 1.54) is 41.3 Å². The fourth-order valence-corrected chi connectivity index (χ4v) is 2.72. The molecule has 1 fully saturated rings. The molecule has 0 unspecified atom stereocenters. The van der Waals surface area contributed by atoms with Crippen molar-refractivity contribution in [3.63, 3.8) is 0 Å². The Labute approximate surface area is 138 Å². The summed E-state index contributed by atoms with van der Waals surface area (Å²) >= 11 is 0. The number of hydrogen-bond donors (Lipinski definition) is 0. The van der Waals surface area contributed by atoms with Gasteiger partial charge in [0.2, 0.25) is 0 Å². The highest BCUT2D eigenvalue weighted by atomic mass is 19.1. The Hall–Kier alpha value is -2.76. The number of halogens is 2. The van der Waals surface area contributed by atoms with Crippen molar-refractivity contribution in [2.24, 2.45) is 0 Å². The van der Waals surface area contributed by atoms with Crippen molar-refractivity contribution in [1.82, 2.24) is 9.80 Å². The Morgan fingerprint density at radius 3 is 2.04 bits per heavy atom. The largest absolute Gasteiger partial charge is 0.335 e. The SMILES string of the molecule is O=C(c1cccc(F)c1)N1CCN(C(=O)c2ccccc2F)CC1. The van der Waals surface area contributed by atoms with Crippen molar-refractivity contribution in [3.05, 3.63) is 71.3 Å². The molecule has 0 aromatic heterocycles. The first-order valence-electron chi connectivity index (χ1n) is 7.65. The van der Waals surface area contributed by atoms with Gasteiger partial charge in [-0.1, -0.05) is 18.2 Å². The summed E-state index contributed by atoms with van der Waals surface area (Å²) in [7, 11) is 0. The molecule has 0 N–H and O–H groups in total. The van der Waals surface area contributed by atoms with Gasteiger partial charge in [0.15, 0.2) is 0 Å². The number of hydrogen-bond acceptors (Lipinski definition) is 2. The van der Waals surface area contributed by atoms with E-state index in [4.69, 9.17) is 0 Å². The molecule has 4 nitrogen and oxygen atoms in total. The van der Waals surface area contributed by atoms with Crippen LogP contribution < -0.4 is 0 Å². The van der Waals surface area contributed by atoms with Crippen LogP contribution in [-0.2, 0) is 0 Å². The Morgan fingerprint density at radius 1 is 0.792 bits per heavy atom. The molecular formula is C18H16F2N2O2. The van der Waals surface area contributed by atoms with Crippen LogP contribution in [0.5, 0.6) is 0 Å². The molecule has 124 valence electrons. The van der Waals surface area contributed by atoms with Gasteiger partial charge in [0.1, 0.15) is 11.6 Å². The second-order valence-electron chi connectivity index (χ2n) is 5.57. The quantitative estimate of drug-likeness (QED) is 0.849. The average molecular weight is 330 g/mol. The number of rotatable bonds is 2. The molecule has 3 rings (SSSR count). The van der Waals surface area contributed by atoms with Gasteiger partial charge >= 0.3 is 0 Å². The number of benzene rings is 2. The van der Waals surface area contributed by atoms with Crippen LogP contribution in [-0.4, -0.2) is 47.8 Å². The first-order chi connectivity index (χ1) is 11.6. The zero-order chi connectivity index (χ0) is 17.1. The molecule has 0 radical (unpaired) electrons. The van der Waals surface area contributed by atoms with Crippen LogP contribution in [0.4, 0.5) is 8.78 Å². The van der Waals surface area contributed by atoms with Crippen molar-refractivity contribution >= 4 is 11.8 Å². The topological polar surface area (TPSA) is 40.6 Å². The van der Waals surface area contributed by atoms with E-state index in [-0.39, 0.29) is 22.9 Å². The van der Waals surface area contributed by atoms with Gasteiger partial charge in [-0.15, -0.1) is 0 Å². The molecule has 2 aromatic carbocycles. The van der Waals surface area contributed by atoms with Crippen molar-refractivity contribution in [2.75, 3.05) is 26.2 Å². The molecular weight excluding hydrogens is 314 g/mol. The van der Waals surface area contributed by atoms with Crippen LogP contribution in [0.1, 0.15) is 20.7 Å². The molecule has 1 saturated heterocycles. The fourth-order valence-electron chi connectivity index (χ4n) is 2.72. The summed E-state index contributed by atoms with van der Waals surface area (Å²) in [5, 5.41) is 0. The highest BCUT2D eigenvalue weighted by Gasteiger charge is 2.26. The van der Waals surface area contributed by atoms with E-state index in [2.05, 4.69) is 0 Å². The van der Waals surface area contributed by atoms with E-state index >= 15 is 0 Å². The number of carbonyl (C=O) groups excluding carboxylic acids is 2. The first kappa shape index (κ1) is 16.1. The van der Waals surface area contributed by atoms with E-state index in [9.17, 15) is 18.4 Å². The number of piperazine rings is 1. The molecule has 0 atom stereocenters. The molecule has 0 aliphatic carbocycles. The van der Waals surface area contributed by atoms with Crippen molar-refractivity contribution < 1.29 is 18.4 Å². The minimum atomic E-state index is -0.555. The van der Waals surface area contributed by atoms with Crippen molar-refractivity contribution in [3.8, 4) is 0 Å². The first-order valence-corrected chi connectivity index (χ1v) is 7.65. The predicted molar refractivity (Wildman–Crippen MR) is 84.6 cm³/mol. The van der Waals surface area contributed by atoms with Gasteiger partial charge in [0.25, 0.3) is 11.8 Å². The van der Waals surface area contributed by atoms with Crippen molar-refractivity contribution in [2.45, 2.75) is 0 Å². The lowest BCUT2D eigenvalue weighted by atomic mass is 10.1. The molecule has 0 saturated carbocycles. The van der Waals surface area contributed by atoms with Gasteiger partial charge in [-0.3, -0.25) is 9.59 Å². The third kappa shape index (κ3) is 3.27. The molecule has 0 bridgehead atoms. The zero-order valence-corrected chi connectivity index (χ0v) is 12.9. The highest BCUT2D eigenvalue weighted by Crippen LogP contribution is 2.14. The number of amides is 2. The predicted octanol–water partition coefficient (Wildman–Crippen LogP) is 2.56. The highest BCUT2D eigenvalue weighted by molar-refractivity contribution is 5.96. The monoisotopic (exact) mass is 330 g/mol. The minimum Gasteiger partial charge on any atom is -0.335 e. The molecule has 1 aliphatic heterocycles. The second-order valence-corrected chi connectivity index (χ2v) is 5.57. The number of carbonyl (C=O) groups is 2. The van der Waals surface area contributed by atoms with Gasteiger partial charge in [-0.2, -0.15) is 0 Å². The summed E-state index contributed by atoms with van der Waals surface area (Å²) in [5.41, 5.74) is 0.311. The van der Waals surface area contributed by atoms with Crippen LogP contribution in [0.25, 0.3) is 0 Å². The van der Waals surface area contributed by atoms with E-state index in [1.54, 1.807) is 17.0 Å². The van der Waals surface area contributed by atoms with Crippen LogP contribution in [0.3, 0.4) is 0 Å². The van der Waals surface area contributed by atoms with E-state index in [0.717, 1.165) is 0 Å². The van der Waals surface area contributed by atoms with Crippen LogP contribution in [0.2, 0.25) is 0 Å². The average Bonchev–Trinajstić information content (AvgIpc) is 2.61. The molecule has 6 heteroatoms. The lowest BCUT2D eigenvalue weighted by molar-refractivity contribution is 0.0532. The van der Waals surface area contributed by atoms with Gasteiger partial charge < -0.3 is 9.80 Å². The second kappa shape index (κ2) is 6.78. The maximum Gasteiger partial charge on any atom is 0.256 e. The lowest BCUT2D eigenvalue weighted by Crippen LogP contribution is -2.50. The van der Waals surface area contributed by atoms with Crippen LogP contribution in [0, 0.1) is 11.6 Å². The van der Waals surface area contributed by atoms with Gasteiger partial charge in [0, 0.05) is 31.7 Å². The smallest absolute Gasteiger partial charge is 0.256 e. The normalized spacial score (nSPS) is 14.6. The molecule has 0 spiro atoms. The summed E-state index contributed by atoms with van der Waals surface area (Å²) in [6.07, 6.45) is 0. The standard InChI is InChI=1S/C18H16F2N2O2/c19-14-5-3-4-13(12-14)17(23)21-8-10-22(11-9-21)18(24)15-6-1-2-7-16(15)20/h1-7,12H,8-11H2. The van der Waals surface area contributed by atoms with Crippen LogP contribution in [0.15, 0.2) is 48.5 Å². The Morgan fingerprint density at radius 2 is 1.42 bits per heavy atom. The minimum absolute atomic E-state index is 0.0300. The van der Waals surface area contributed by atoms with Crippen LogP contribution >= 0.6 is 0 Å². The van der Waals surface area contributed by atoms with Gasteiger partial charge in [0.05, 0.1) is 5.56 Å². The van der Waals surface area contributed by atoms with Gasteiger partial charge in [-0.05, 0) is 30.3 Å². The van der Waals surface area contributed by atoms with E-state index in [1.807, 2.05) is 0 Å². The van der Waals surface area contributed by atoms with Crippen molar-refractivity contribution in [1.29, 1.82) is 0 Å². The molecule has 2 amide bonds. The Balaban J connectivity index is 1.65. The Bertz CT molecular complexity index is 771. The summed E-state index contributed by atoms with van der Waals surface area (Å²) in [4.78, 5) is 27.8. The van der Waals surface area contributed by atoms with E-state index in [0.29, 0.717) is 26.2 Å². The maximum atomic E-state index is 13.7. The molecule has 2 aromatic rings. The summed E-state index contributed by atoms with van der Waals surface area (Å²) in [6.45, 7) is 1.29. The van der Waals surface area contributed by atoms with Gasteiger partial charge in [-0.25, -0.2) is 8.78 Å². The fraction of sp³-hybridized carbons (Fsp3) is 0.222. The third-order valence-electron chi connectivity index (χ3n) is 4.03.